The first-order valence-electron chi connectivity index (χ1n) is 18.4. The standard InChI is InChI=1S/C17H24BN3O2.C11H12BrN3.C6H10N2.C5H3BrFN/c1-16(2)17(3,4)23-18(22-16)14-5-6-15(20-12-14)21-9-7-13(11-19)8-10-21;12-10-1-2-11(14-8-10)15-5-3-9(7-13)4-6-15;7-5-6-1-3-8-4-2-6;6-4-1-2-5(7)8-3-4/h5-6,12-13H,7-10H2,1-4H3;1-2,8-9H,3-6H2;6,8H,1-4H2;1-3H. The van der Waals surface area contributed by atoms with Crippen molar-refractivity contribution in [2.45, 2.75) is 77.4 Å². The number of anilines is 2. The third-order valence-electron chi connectivity index (χ3n) is 10.2. The molecule has 0 aromatic carbocycles. The van der Waals surface area contributed by atoms with Crippen LogP contribution in [0.15, 0.2) is 63.9 Å². The number of nitriles is 3. The van der Waals surface area contributed by atoms with Gasteiger partial charge < -0.3 is 24.4 Å². The van der Waals surface area contributed by atoms with Gasteiger partial charge in [-0.25, -0.2) is 15.0 Å². The molecule has 0 amide bonds. The third kappa shape index (κ3) is 13.0. The van der Waals surface area contributed by atoms with Crippen molar-refractivity contribution in [3.05, 3.63) is 69.9 Å². The van der Waals surface area contributed by atoms with E-state index in [1.165, 1.54) is 12.3 Å². The van der Waals surface area contributed by atoms with Crippen LogP contribution in [0.25, 0.3) is 0 Å². The molecule has 0 unspecified atom stereocenters. The van der Waals surface area contributed by atoms with Crippen LogP contribution < -0.4 is 20.6 Å². The Morgan fingerprint density at radius 1 is 0.667 bits per heavy atom. The van der Waals surface area contributed by atoms with E-state index in [9.17, 15) is 4.39 Å². The molecule has 54 heavy (non-hydrogen) atoms. The van der Waals surface area contributed by atoms with Gasteiger partial charge in [0.2, 0.25) is 5.95 Å². The molecule has 15 heteroatoms. The fraction of sp³-hybridized carbons (Fsp3) is 0.538. The van der Waals surface area contributed by atoms with Gasteiger partial charge in [-0.3, -0.25) is 0 Å². The molecule has 7 rings (SSSR count). The number of nitrogens with zero attached hydrogens (tertiary/aromatic N) is 8. The van der Waals surface area contributed by atoms with Crippen molar-refractivity contribution in [1.29, 1.82) is 15.8 Å². The Hall–Kier alpha value is -3.65. The van der Waals surface area contributed by atoms with E-state index in [1.807, 2.05) is 64.4 Å². The predicted molar refractivity (Wildman–Crippen MR) is 216 cm³/mol. The van der Waals surface area contributed by atoms with Gasteiger partial charge in [0, 0.05) is 76.9 Å². The zero-order valence-electron chi connectivity index (χ0n) is 31.5. The molecule has 286 valence electrons. The summed E-state index contributed by atoms with van der Waals surface area (Å²) in [4.78, 5) is 16.8. The fourth-order valence-electron chi connectivity index (χ4n) is 6.04. The smallest absolute Gasteiger partial charge is 0.399 e. The summed E-state index contributed by atoms with van der Waals surface area (Å²) >= 11 is 6.48. The van der Waals surface area contributed by atoms with Crippen molar-refractivity contribution in [3.8, 4) is 18.2 Å². The van der Waals surface area contributed by atoms with E-state index in [-0.39, 0.29) is 30.2 Å². The highest BCUT2D eigenvalue weighted by atomic mass is 79.9. The molecular weight excluding hydrogens is 816 g/mol. The molecule has 3 aromatic rings. The number of hydrogen-bond donors (Lipinski definition) is 1. The first-order valence-corrected chi connectivity index (χ1v) is 20.0. The van der Waals surface area contributed by atoms with Crippen LogP contribution in [0.3, 0.4) is 0 Å². The van der Waals surface area contributed by atoms with Crippen molar-refractivity contribution in [1.82, 2.24) is 20.3 Å². The van der Waals surface area contributed by atoms with Gasteiger partial charge in [-0.2, -0.15) is 20.2 Å². The van der Waals surface area contributed by atoms with E-state index in [0.29, 0.717) is 5.92 Å². The van der Waals surface area contributed by atoms with Gasteiger partial charge >= 0.3 is 7.12 Å². The molecule has 0 spiro atoms. The highest BCUT2D eigenvalue weighted by Crippen LogP contribution is 2.36. The number of hydrogen-bond acceptors (Lipinski definition) is 11. The van der Waals surface area contributed by atoms with Crippen LogP contribution in [-0.2, 0) is 9.31 Å². The summed E-state index contributed by atoms with van der Waals surface area (Å²) in [6, 6.07) is 17.9. The molecule has 0 bridgehead atoms. The Bertz CT molecular complexity index is 1670. The number of pyridine rings is 3. The first-order chi connectivity index (χ1) is 25.8. The lowest BCUT2D eigenvalue weighted by molar-refractivity contribution is 0.00578. The highest BCUT2D eigenvalue weighted by molar-refractivity contribution is 9.10. The quantitative estimate of drug-likeness (QED) is 0.211. The SMILES string of the molecule is CC1(C)OB(c2ccc(N3CCC(C#N)CC3)nc2)OC1(C)C.Fc1ccc(Br)cn1.N#CC1CCN(c2ccc(Br)cn2)CC1.N#CC1CCNCC1. The fourth-order valence-corrected chi connectivity index (χ4v) is 6.51. The van der Waals surface area contributed by atoms with Crippen LogP contribution in [0.1, 0.15) is 66.2 Å². The number of rotatable bonds is 3. The summed E-state index contributed by atoms with van der Waals surface area (Å²) in [5.41, 5.74) is 0.268. The normalized spacial score (nSPS) is 19.7. The second-order valence-electron chi connectivity index (χ2n) is 14.6. The second-order valence-corrected chi connectivity index (χ2v) is 16.4. The lowest BCUT2D eigenvalue weighted by Gasteiger charge is -2.32. The molecule has 11 nitrogen and oxygen atoms in total. The average molecular weight is 865 g/mol. The van der Waals surface area contributed by atoms with Crippen LogP contribution in [0.2, 0.25) is 0 Å². The molecule has 7 heterocycles. The summed E-state index contributed by atoms with van der Waals surface area (Å²) in [5, 5.41) is 29.4. The van der Waals surface area contributed by atoms with Crippen molar-refractivity contribution in [2.75, 3.05) is 49.1 Å². The van der Waals surface area contributed by atoms with Crippen LogP contribution in [-0.4, -0.2) is 72.5 Å². The maximum Gasteiger partial charge on any atom is 0.496 e. The van der Waals surface area contributed by atoms with E-state index in [4.69, 9.17) is 25.1 Å². The Kier molecular flexibility index (Phi) is 16.7. The summed E-state index contributed by atoms with van der Waals surface area (Å²) in [6.45, 7) is 13.9. The molecule has 0 aliphatic carbocycles. The lowest BCUT2D eigenvalue weighted by Crippen LogP contribution is -2.41. The number of piperidine rings is 3. The number of nitrogens with one attached hydrogen (secondary N) is 1. The van der Waals surface area contributed by atoms with E-state index >= 15 is 0 Å². The van der Waals surface area contributed by atoms with Crippen LogP contribution in [0, 0.1) is 57.7 Å². The minimum absolute atomic E-state index is 0.190. The monoisotopic (exact) mass is 863 g/mol. The van der Waals surface area contributed by atoms with E-state index in [0.717, 1.165) is 104 Å². The van der Waals surface area contributed by atoms with Gasteiger partial charge in [-0.05, 0) is 142 Å². The second kappa shape index (κ2) is 20.9. The molecule has 3 aromatic heterocycles. The van der Waals surface area contributed by atoms with E-state index < -0.39 is 5.95 Å². The Balaban J connectivity index is 0.000000178. The van der Waals surface area contributed by atoms with Gasteiger partial charge in [-0.15, -0.1) is 0 Å². The summed E-state index contributed by atoms with van der Waals surface area (Å²) < 4.78 is 25.8. The minimum atomic E-state index is -0.451. The van der Waals surface area contributed by atoms with Crippen molar-refractivity contribution < 1.29 is 13.7 Å². The van der Waals surface area contributed by atoms with Gasteiger partial charge in [0.25, 0.3) is 0 Å². The number of halogens is 3. The van der Waals surface area contributed by atoms with Gasteiger partial charge in [0.15, 0.2) is 0 Å². The largest absolute Gasteiger partial charge is 0.496 e. The van der Waals surface area contributed by atoms with Crippen molar-refractivity contribution in [3.63, 3.8) is 0 Å². The molecule has 0 radical (unpaired) electrons. The van der Waals surface area contributed by atoms with E-state index in [1.54, 1.807) is 6.07 Å². The Morgan fingerprint density at radius 2 is 1.09 bits per heavy atom. The van der Waals surface area contributed by atoms with Crippen molar-refractivity contribution in [2.24, 2.45) is 17.8 Å². The topological polar surface area (TPSA) is 147 Å². The number of aromatic nitrogens is 3. The van der Waals surface area contributed by atoms with Crippen LogP contribution >= 0.6 is 31.9 Å². The average Bonchev–Trinajstić information content (AvgIpc) is 3.43. The Morgan fingerprint density at radius 3 is 1.44 bits per heavy atom. The van der Waals surface area contributed by atoms with Crippen LogP contribution in [0.4, 0.5) is 16.0 Å². The molecule has 0 atom stereocenters. The molecule has 1 N–H and O–H groups in total. The summed E-state index contributed by atoms with van der Waals surface area (Å²) in [6.07, 6.45) is 10.9. The Labute approximate surface area is 336 Å². The molecule has 0 saturated carbocycles. The molecule has 4 saturated heterocycles. The predicted octanol–water partition coefficient (Wildman–Crippen LogP) is 7.20. The summed E-state index contributed by atoms with van der Waals surface area (Å²) in [7, 11) is -0.370. The third-order valence-corrected chi connectivity index (χ3v) is 11.2. The van der Waals surface area contributed by atoms with Gasteiger partial charge in [-0.1, -0.05) is 6.07 Å². The summed E-state index contributed by atoms with van der Waals surface area (Å²) in [5.74, 6) is 2.27. The van der Waals surface area contributed by atoms with E-state index in [2.05, 4.69) is 80.1 Å². The maximum atomic E-state index is 12.0. The lowest BCUT2D eigenvalue weighted by atomic mass is 9.80. The maximum absolute atomic E-state index is 12.0. The minimum Gasteiger partial charge on any atom is -0.399 e. The molecule has 4 fully saturated rings. The van der Waals surface area contributed by atoms with Gasteiger partial charge in [0.1, 0.15) is 11.6 Å². The molecular formula is C39H49BBr2FN9O2. The van der Waals surface area contributed by atoms with Gasteiger partial charge in [0.05, 0.1) is 29.4 Å². The molecule has 4 aliphatic rings. The van der Waals surface area contributed by atoms with Crippen LogP contribution in [0.5, 0.6) is 0 Å². The zero-order chi connectivity index (χ0) is 39.1. The highest BCUT2D eigenvalue weighted by Gasteiger charge is 2.51. The molecule has 4 aliphatic heterocycles. The van der Waals surface area contributed by atoms with Crippen molar-refractivity contribution >= 4 is 56.1 Å². The first kappa shape index (κ1) is 43.1. The zero-order valence-corrected chi connectivity index (χ0v) is 34.7.